The van der Waals surface area contributed by atoms with Crippen LogP contribution in [0.15, 0.2) is 18.3 Å². The first-order valence-electron chi connectivity index (χ1n) is 5.76. The number of anilines is 1. The largest absolute Gasteiger partial charge is 0.376 e. The standard InChI is InChI=1S/C11H13ClN4O2/c12-8-1-2-10-14-11(15-16(10)6-8)13-5-9-7-17-3-4-18-9/h1-2,6,9H,3-5,7H2,(H,13,15). The zero-order valence-electron chi connectivity index (χ0n) is 9.67. The highest BCUT2D eigenvalue weighted by molar-refractivity contribution is 6.30. The van der Waals surface area contributed by atoms with E-state index in [9.17, 15) is 0 Å². The Morgan fingerprint density at radius 1 is 1.44 bits per heavy atom. The predicted octanol–water partition coefficient (Wildman–Crippen LogP) is 1.21. The van der Waals surface area contributed by atoms with Gasteiger partial charge < -0.3 is 14.8 Å². The lowest BCUT2D eigenvalue weighted by atomic mass is 10.3. The van der Waals surface area contributed by atoms with Crippen LogP contribution in [0, 0.1) is 0 Å². The first kappa shape index (κ1) is 11.7. The minimum absolute atomic E-state index is 0.0500. The molecule has 1 aliphatic rings. The number of pyridine rings is 1. The van der Waals surface area contributed by atoms with Crippen LogP contribution in [0.25, 0.3) is 5.65 Å². The van der Waals surface area contributed by atoms with Gasteiger partial charge >= 0.3 is 0 Å². The number of hydrogen-bond acceptors (Lipinski definition) is 5. The van der Waals surface area contributed by atoms with E-state index in [1.807, 2.05) is 6.07 Å². The van der Waals surface area contributed by atoms with Gasteiger partial charge in [0.1, 0.15) is 0 Å². The Balaban J connectivity index is 1.67. The summed E-state index contributed by atoms with van der Waals surface area (Å²) in [6.45, 7) is 2.54. The van der Waals surface area contributed by atoms with Crippen molar-refractivity contribution in [2.24, 2.45) is 0 Å². The molecule has 1 unspecified atom stereocenters. The Morgan fingerprint density at radius 2 is 2.39 bits per heavy atom. The van der Waals surface area contributed by atoms with Crippen LogP contribution in [0.2, 0.25) is 5.02 Å². The zero-order valence-corrected chi connectivity index (χ0v) is 10.4. The number of aromatic nitrogens is 3. The van der Waals surface area contributed by atoms with Crippen molar-refractivity contribution in [1.29, 1.82) is 0 Å². The maximum atomic E-state index is 5.88. The Hall–Kier alpha value is -1.37. The molecule has 0 aromatic carbocycles. The quantitative estimate of drug-likeness (QED) is 0.907. The molecule has 0 aliphatic carbocycles. The van der Waals surface area contributed by atoms with Crippen molar-refractivity contribution in [3.63, 3.8) is 0 Å². The third kappa shape index (κ3) is 2.55. The summed E-state index contributed by atoms with van der Waals surface area (Å²) in [5, 5.41) is 8.03. The monoisotopic (exact) mass is 268 g/mol. The van der Waals surface area contributed by atoms with Crippen LogP contribution in [0.5, 0.6) is 0 Å². The van der Waals surface area contributed by atoms with Crippen LogP contribution in [0.3, 0.4) is 0 Å². The zero-order chi connectivity index (χ0) is 12.4. The Labute approximate surface area is 109 Å². The second-order valence-corrected chi connectivity index (χ2v) is 4.47. The molecule has 96 valence electrons. The van der Waals surface area contributed by atoms with Crippen molar-refractivity contribution in [2.75, 3.05) is 31.7 Å². The van der Waals surface area contributed by atoms with Gasteiger partial charge in [0.05, 0.1) is 30.9 Å². The van der Waals surface area contributed by atoms with E-state index in [-0.39, 0.29) is 6.10 Å². The van der Waals surface area contributed by atoms with Crippen molar-refractivity contribution in [2.45, 2.75) is 6.10 Å². The van der Waals surface area contributed by atoms with Crippen LogP contribution in [-0.4, -0.2) is 47.1 Å². The van der Waals surface area contributed by atoms with E-state index in [1.54, 1.807) is 16.8 Å². The molecule has 1 fully saturated rings. The number of nitrogens with one attached hydrogen (secondary N) is 1. The molecule has 0 amide bonds. The van der Waals surface area contributed by atoms with Gasteiger partial charge in [-0.15, -0.1) is 5.10 Å². The molecule has 0 radical (unpaired) electrons. The fraction of sp³-hybridized carbons (Fsp3) is 0.455. The average Bonchev–Trinajstić information content (AvgIpc) is 2.79. The van der Waals surface area contributed by atoms with Gasteiger partial charge in [0.15, 0.2) is 5.65 Å². The lowest BCUT2D eigenvalue weighted by Gasteiger charge is -2.22. The summed E-state index contributed by atoms with van der Waals surface area (Å²) < 4.78 is 12.5. The summed E-state index contributed by atoms with van der Waals surface area (Å²) in [7, 11) is 0. The Morgan fingerprint density at radius 3 is 3.22 bits per heavy atom. The first-order chi connectivity index (χ1) is 8.81. The Bertz CT molecular complexity index is 539. The first-order valence-corrected chi connectivity index (χ1v) is 6.14. The third-order valence-electron chi connectivity index (χ3n) is 2.67. The minimum Gasteiger partial charge on any atom is -0.376 e. The molecule has 3 heterocycles. The number of nitrogens with zero attached hydrogens (tertiary/aromatic N) is 3. The molecule has 18 heavy (non-hydrogen) atoms. The van der Waals surface area contributed by atoms with E-state index in [1.165, 1.54) is 0 Å². The highest BCUT2D eigenvalue weighted by Gasteiger charge is 2.14. The van der Waals surface area contributed by atoms with Gasteiger partial charge in [0, 0.05) is 12.7 Å². The number of rotatable bonds is 3. The topological polar surface area (TPSA) is 60.7 Å². The molecule has 0 spiro atoms. The van der Waals surface area contributed by atoms with Crippen LogP contribution in [-0.2, 0) is 9.47 Å². The number of hydrogen-bond donors (Lipinski definition) is 1. The second-order valence-electron chi connectivity index (χ2n) is 4.03. The fourth-order valence-electron chi connectivity index (χ4n) is 1.79. The van der Waals surface area contributed by atoms with Gasteiger partial charge in [-0.25, -0.2) is 4.52 Å². The van der Waals surface area contributed by atoms with Crippen molar-refractivity contribution in [1.82, 2.24) is 14.6 Å². The summed E-state index contributed by atoms with van der Waals surface area (Å²) in [6.07, 6.45) is 1.77. The molecular formula is C11H13ClN4O2. The molecule has 1 saturated heterocycles. The van der Waals surface area contributed by atoms with Gasteiger partial charge in [-0.05, 0) is 12.1 Å². The number of ether oxygens (including phenoxy) is 2. The van der Waals surface area contributed by atoms with E-state index in [0.717, 1.165) is 5.65 Å². The lowest BCUT2D eigenvalue weighted by molar-refractivity contribution is -0.0819. The third-order valence-corrected chi connectivity index (χ3v) is 2.89. The summed E-state index contributed by atoms with van der Waals surface area (Å²) in [5.74, 6) is 0.562. The van der Waals surface area contributed by atoms with Crippen LogP contribution in [0.4, 0.5) is 5.95 Å². The van der Waals surface area contributed by atoms with Crippen LogP contribution >= 0.6 is 11.6 Å². The van der Waals surface area contributed by atoms with Crippen molar-refractivity contribution < 1.29 is 9.47 Å². The van der Waals surface area contributed by atoms with E-state index >= 15 is 0 Å². The maximum Gasteiger partial charge on any atom is 0.243 e. The van der Waals surface area contributed by atoms with E-state index in [0.29, 0.717) is 37.3 Å². The van der Waals surface area contributed by atoms with E-state index in [4.69, 9.17) is 21.1 Å². The van der Waals surface area contributed by atoms with Gasteiger partial charge in [0.25, 0.3) is 0 Å². The number of fused-ring (bicyclic) bond motifs is 1. The molecule has 7 heteroatoms. The normalized spacial score (nSPS) is 20.2. The lowest BCUT2D eigenvalue weighted by Crippen LogP contribution is -2.34. The SMILES string of the molecule is Clc1ccc2nc(NCC3COCCO3)nn2c1. The van der Waals surface area contributed by atoms with Crippen LogP contribution in [0.1, 0.15) is 0 Å². The van der Waals surface area contributed by atoms with Gasteiger partial charge in [-0.2, -0.15) is 4.98 Å². The molecule has 1 aliphatic heterocycles. The fourth-order valence-corrected chi connectivity index (χ4v) is 1.95. The molecule has 6 nitrogen and oxygen atoms in total. The molecule has 3 rings (SSSR count). The molecular weight excluding hydrogens is 256 g/mol. The van der Waals surface area contributed by atoms with Crippen molar-refractivity contribution in [3.8, 4) is 0 Å². The van der Waals surface area contributed by atoms with Crippen LogP contribution < -0.4 is 5.32 Å². The summed E-state index contributed by atoms with van der Waals surface area (Å²) >= 11 is 5.88. The predicted molar refractivity (Wildman–Crippen MR) is 67.0 cm³/mol. The maximum absolute atomic E-state index is 5.88. The van der Waals surface area contributed by atoms with Crippen molar-refractivity contribution in [3.05, 3.63) is 23.4 Å². The Kier molecular flexibility index (Phi) is 3.31. The van der Waals surface area contributed by atoms with Gasteiger partial charge in [0.2, 0.25) is 5.95 Å². The number of halogens is 1. The van der Waals surface area contributed by atoms with E-state index < -0.39 is 0 Å². The molecule has 2 aromatic heterocycles. The molecule has 1 N–H and O–H groups in total. The highest BCUT2D eigenvalue weighted by atomic mass is 35.5. The van der Waals surface area contributed by atoms with Crippen molar-refractivity contribution >= 4 is 23.2 Å². The molecule has 2 aromatic rings. The second kappa shape index (κ2) is 5.09. The molecule has 0 saturated carbocycles. The van der Waals surface area contributed by atoms with E-state index in [2.05, 4.69) is 15.4 Å². The summed E-state index contributed by atoms with van der Waals surface area (Å²) in [5.41, 5.74) is 0.753. The minimum atomic E-state index is 0.0500. The van der Waals surface area contributed by atoms with Gasteiger partial charge in [-0.1, -0.05) is 11.6 Å². The molecule has 1 atom stereocenters. The average molecular weight is 269 g/mol. The summed E-state index contributed by atoms with van der Waals surface area (Å²) in [4.78, 5) is 4.32. The smallest absolute Gasteiger partial charge is 0.243 e. The summed E-state index contributed by atoms with van der Waals surface area (Å²) in [6, 6.07) is 3.61. The van der Waals surface area contributed by atoms with Gasteiger partial charge in [-0.3, -0.25) is 0 Å². The highest BCUT2D eigenvalue weighted by Crippen LogP contribution is 2.11. The molecule has 0 bridgehead atoms.